The molecule has 1 aliphatic heterocycles. The molecule has 0 saturated carbocycles. The van der Waals surface area contributed by atoms with E-state index in [-0.39, 0.29) is 17.4 Å². The fourth-order valence-corrected chi connectivity index (χ4v) is 3.54. The van der Waals surface area contributed by atoms with E-state index in [4.69, 9.17) is 16.3 Å². The van der Waals surface area contributed by atoms with Gasteiger partial charge in [-0.25, -0.2) is 8.42 Å². The van der Waals surface area contributed by atoms with E-state index >= 15 is 0 Å². The largest absolute Gasteiger partial charge is 0.455 e. The number of amides is 1. The Morgan fingerprint density at radius 3 is 2.38 bits per heavy atom. The van der Waals surface area contributed by atoms with E-state index in [9.17, 15) is 18.0 Å². The number of rotatable bonds is 6. The molecule has 9 heteroatoms. The lowest BCUT2D eigenvalue weighted by Gasteiger charge is -2.18. The normalized spacial score (nSPS) is 14.9. The summed E-state index contributed by atoms with van der Waals surface area (Å²) in [6.45, 7) is 0.494. The van der Waals surface area contributed by atoms with Crippen LogP contribution in [0, 0.1) is 0 Å². The van der Waals surface area contributed by atoms with E-state index in [2.05, 4.69) is 0 Å². The first-order valence-electron chi connectivity index (χ1n) is 7.46. The molecule has 1 heterocycles. The minimum atomic E-state index is -3.83. The molecule has 24 heavy (non-hydrogen) atoms. The zero-order valence-electron chi connectivity index (χ0n) is 13.3. The number of carbonyl (C=O) groups excluding carboxylic acids is 2. The lowest BCUT2D eigenvalue weighted by molar-refractivity contribution is -0.151. The van der Waals surface area contributed by atoms with Crippen molar-refractivity contribution in [3.8, 4) is 0 Å². The second-order valence-electron chi connectivity index (χ2n) is 5.46. The van der Waals surface area contributed by atoms with Gasteiger partial charge in [0.15, 0.2) is 6.61 Å². The maximum absolute atomic E-state index is 12.3. The van der Waals surface area contributed by atoms with Gasteiger partial charge in [0.05, 0.1) is 4.90 Å². The fraction of sp³-hybridized carbons (Fsp3) is 0.467. The van der Waals surface area contributed by atoms with Crippen LogP contribution in [0.3, 0.4) is 0 Å². The Morgan fingerprint density at radius 2 is 1.79 bits per heavy atom. The molecule has 7 nitrogen and oxygen atoms in total. The molecule has 1 aliphatic rings. The molecule has 0 radical (unpaired) electrons. The van der Waals surface area contributed by atoms with Crippen LogP contribution in [0.2, 0.25) is 5.02 Å². The Labute approximate surface area is 146 Å². The van der Waals surface area contributed by atoms with E-state index < -0.39 is 22.5 Å². The number of halogens is 1. The van der Waals surface area contributed by atoms with Crippen molar-refractivity contribution in [2.75, 3.05) is 33.3 Å². The quantitative estimate of drug-likeness (QED) is 0.697. The van der Waals surface area contributed by atoms with E-state index in [0.717, 1.165) is 17.1 Å². The van der Waals surface area contributed by atoms with Crippen molar-refractivity contribution < 1.29 is 22.7 Å². The van der Waals surface area contributed by atoms with E-state index in [0.29, 0.717) is 18.1 Å². The number of likely N-dealkylation sites (tertiary alicyclic amines) is 1. The predicted molar refractivity (Wildman–Crippen MR) is 88.0 cm³/mol. The highest BCUT2D eigenvalue weighted by atomic mass is 35.5. The van der Waals surface area contributed by atoms with E-state index in [1.807, 2.05) is 0 Å². The van der Waals surface area contributed by atoms with Crippen molar-refractivity contribution in [3.63, 3.8) is 0 Å². The highest BCUT2D eigenvalue weighted by Crippen LogP contribution is 2.17. The van der Waals surface area contributed by atoms with E-state index in [1.54, 1.807) is 4.90 Å². The van der Waals surface area contributed by atoms with Crippen molar-refractivity contribution in [1.29, 1.82) is 0 Å². The number of sulfonamides is 1. The summed E-state index contributed by atoms with van der Waals surface area (Å²) in [7, 11) is -2.56. The molecule has 0 aliphatic carbocycles. The topological polar surface area (TPSA) is 84.0 Å². The van der Waals surface area contributed by atoms with Gasteiger partial charge >= 0.3 is 5.97 Å². The smallest absolute Gasteiger partial charge is 0.321 e. The molecule has 0 atom stereocenters. The van der Waals surface area contributed by atoms with E-state index in [1.165, 1.54) is 31.3 Å². The number of likely N-dealkylation sites (N-methyl/N-ethyl adjacent to an activating group) is 1. The Bertz CT molecular complexity index is 699. The van der Waals surface area contributed by atoms with Crippen LogP contribution in [0.15, 0.2) is 29.2 Å². The van der Waals surface area contributed by atoms with Gasteiger partial charge in [0.2, 0.25) is 10.0 Å². The highest BCUT2D eigenvalue weighted by molar-refractivity contribution is 7.89. The second kappa shape index (κ2) is 7.96. The standard InChI is InChI=1S/C15H19ClN2O5S/c1-17(24(21,22)13-6-4-12(16)5-7-13)10-15(20)23-11-14(19)18-8-2-3-9-18/h4-7H,2-3,8-11H2,1H3. The molecule has 0 spiro atoms. The van der Waals surface area contributed by atoms with Crippen LogP contribution >= 0.6 is 11.6 Å². The van der Waals surface area contributed by atoms with Crippen LogP contribution in [0.1, 0.15) is 12.8 Å². The van der Waals surface area contributed by atoms with Crippen LogP contribution in [-0.4, -0.2) is 62.8 Å². The molecule has 0 unspecified atom stereocenters. The zero-order chi connectivity index (χ0) is 17.7. The van der Waals surface area contributed by atoms with Gasteiger partial charge in [-0.15, -0.1) is 0 Å². The van der Waals surface area contributed by atoms with Gasteiger partial charge in [0.25, 0.3) is 5.91 Å². The Morgan fingerprint density at radius 1 is 1.21 bits per heavy atom. The minimum Gasteiger partial charge on any atom is -0.455 e. The number of carbonyl (C=O) groups is 2. The average Bonchev–Trinajstić information content (AvgIpc) is 3.07. The molecule has 1 fully saturated rings. The van der Waals surface area contributed by atoms with Crippen LogP contribution in [0.5, 0.6) is 0 Å². The third kappa shape index (κ3) is 4.68. The lowest BCUT2D eigenvalue weighted by Crippen LogP contribution is -2.36. The van der Waals surface area contributed by atoms with Gasteiger partial charge in [0.1, 0.15) is 6.54 Å². The molecular formula is C15H19ClN2O5S. The monoisotopic (exact) mass is 374 g/mol. The fourth-order valence-electron chi connectivity index (χ4n) is 2.30. The van der Waals surface area contributed by atoms with Crippen molar-refractivity contribution in [2.24, 2.45) is 0 Å². The molecule has 0 bridgehead atoms. The average molecular weight is 375 g/mol. The number of ether oxygens (including phenoxy) is 1. The maximum Gasteiger partial charge on any atom is 0.321 e. The summed E-state index contributed by atoms with van der Waals surface area (Å²) in [4.78, 5) is 25.2. The number of nitrogens with zero attached hydrogens (tertiary/aromatic N) is 2. The van der Waals surface area contributed by atoms with Gasteiger partial charge in [-0.05, 0) is 37.1 Å². The molecule has 132 valence electrons. The summed E-state index contributed by atoms with van der Waals surface area (Å²) in [6, 6.07) is 5.62. The molecule has 1 aromatic rings. The molecule has 1 amide bonds. The summed E-state index contributed by atoms with van der Waals surface area (Å²) >= 11 is 5.73. The first-order valence-corrected chi connectivity index (χ1v) is 9.28. The van der Waals surface area contributed by atoms with Crippen LogP contribution < -0.4 is 0 Å². The number of hydrogen-bond donors (Lipinski definition) is 0. The van der Waals surface area contributed by atoms with Gasteiger partial charge in [-0.2, -0.15) is 4.31 Å². The lowest BCUT2D eigenvalue weighted by atomic mass is 10.4. The third-order valence-corrected chi connectivity index (χ3v) is 5.76. The van der Waals surface area contributed by atoms with Crippen molar-refractivity contribution in [1.82, 2.24) is 9.21 Å². The summed E-state index contributed by atoms with van der Waals surface area (Å²) in [5.74, 6) is -1.04. The summed E-state index contributed by atoms with van der Waals surface area (Å²) in [5, 5.41) is 0.413. The SMILES string of the molecule is CN(CC(=O)OCC(=O)N1CCCC1)S(=O)(=O)c1ccc(Cl)cc1. The third-order valence-electron chi connectivity index (χ3n) is 3.69. The molecule has 0 N–H and O–H groups in total. The van der Waals surface area contributed by atoms with Gasteiger partial charge in [0, 0.05) is 25.2 Å². The number of benzene rings is 1. The summed E-state index contributed by atoms with van der Waals surface area (Å²) in [6.07, 6.45) is 1.89. The second-order valence-corrected chi connectivity index (χ2v) is 7.94. The van der Waals surface area contributed by atoms with Gasteiger partial charge in [-0.3, -0.25) is 9.59 Å². The van der Waals surface area contributed by atoms with Crippen molar-refractivity contribution >= 4 is 33.5 Å². The number of hydrogen-bond acceptors (Lipinski definition) is 5. The first-order chi connectivity index (χ1) is 11.3. The van der Waals surface area contributed by atoms with Gasteiger partial charge in [-0.1, -0.05) is 11.6 Å². The highest BCUT2D eigenvalue weighted by Gasteiger charge is 2.24. The molecular weight excluding hydrogens is 356 g/mol. The molecule has 2 rings (SSSR count). The van der Waals surface area contributed by atoms with Crippen LogP contribution in [-0.2, 0) is 24.3 Å². The molecule has 1 aromatic carbocycles. The predicted octanol–water partition coefficient (Wildman–Crippen LogP) is 1.13. The van der Waals surface area contributed by atoms with Gasteiger partial charge < -0.3 is 9.64 Å². The summed E-state index contributed by atoms with van der Waals surface area (Å²) in [5.41, 5.74) is 0. The van der Waals surface area contributed by atoms with Crippen molar-refractivity contribution in [2.45, 2.75) is 17.7 Å². The zero-order valence-corrected chi connectivity index (χ0v) is 14.8. The minimum absolute atomic E-state index is 0.0235. The Kier molecular flexibility index (Phi) is 6.20. The Balaban J connectivity index is 1.88. The maximum atomic E-state index is 12.3. The molecule has 0 aromatic heterocycles. The van der Waals surface area contributed by atoms with Crippen molar-refractivity contribution in [3.05, 3.63) is 29.3 Å². The molecule has 1 saturated heterocycles. The van der Waals surface area contributed by atoms with Crippen LogP contribution in [0.25, 0.3) is 0 Å². The Hall–Kier alpha value is -1.64. The first kappa shape index (κ1) is 18.7. The number of esters is 1. The summed E-state index contributed by atoms with van der Waals surface area (Å²) < 4.78 is 30.4. The van der Waals surface area contributed by atoms with Crippen LogP contribution in [0.4, 0.5) is 0 Å².